The Kier molecular flexibility index (Phi) is 5.38. The topological polar surface area (TPSA) is 101 Å². The Labute approximate surface area is 153 Å². The predicted octanol–water partition coefficient (Wildman–Crippen LogP) is 2.86. The van der Waals surface area contributed by atoms with Gasteiger partial charge in [-0.15, -0.1) is 10.2 Å². The average Bonchev–Trinajstić information content (AvgIpc) is 3.17. The Morgan fingerprint density at radius 2 is 2.24 bits per heavy atom. The zero-order valence-corrected chi connectivity index (χ0v) is 15.8. The van der Waals surface area contributed by atoms with Gasteiger partial charge in [0.15, 0.2) is 10.2 Å². The summed E-state index contributed by atoms with van der Waals surface area (Å²) in [6.07, 6.45) is 2.45. The van der Waals surface area contributed by atoms with Crippen molar-refractivity contribution in [1.82, 2.24) is 15.4 Å². The molecule has 0 spiro atoms. The van der Waals surface area contributed by atoms with E-state index in [9.17, 15) is 9.59 Å². The first-order valence-corrected chi connectivity index (χ1v) is 9.74. The molecule has 3 rings (SSSR count). The van der Waals surface area contributed by atoms with E-state index in [2.05, 4.69) is 20.7 Å². The number of aryl methyl sites for hydroxylation is 1. The summed E-state index contributed by atoms with van der Waals surface area (Å²) < 4.78 is 5.58. The Morgan fingerprint density at radius 3 is 2.84 bits per heavy atom. The SMILES string of the molecule is CCC(=O)N(c1nnc(S[C@@H](C)C(=O)Nc2cc(C)on2)s1)C1CC1. The van der Waals surface area contributed by atoms with E-state index < -0.39 is 0 Å². The van der Waals surface area contributed by atoms with Crippen molar-refractivity contribution in [3.8, 4) is 0 Å². The zero-order valence-electron chi connectivity index (χ0n) is 14.2. The van der Waals surface area contributed by atoms with Crippen molar-refractivity contribution in [3.05, 3.63) is 11.8 Å². The van der Waals surface area contributed by atoms with E-state index in [0.717, 1.165) is 12.8 Å². The Morgan fingerprint density at radius 1 is 1.48 bits per heavy atom. The molecule has 0 saturated heterocycles. The van der Waals surface area contributed by atoms with Crippen molar-refractivity contribution >= 4 is 45.9 Å². The van der Waals surface area contributed by atoms with Crippen LogP contribution in [0, 0.1) is 6.92 Å². The number of nitrogens with one attached hydrogen (secondary N) is 1. The predicted molar refractivity (Wildman–Crippen MR) is 95.9 cm³/mol. The van der Waals surface area contributed by atoms with Crippen LogP contribution in [0.3, 0.4) is 0 Å². The van der Waals surface area contributed by atoms with Crippen molar-refractivity contribution in [2.24, 2.45) is 0 Å². The third kappa shape index (κ3) is 4.37. The molecule has 2 aromatic heterocycles. The molecule has 0 aliphatic heterocycles. The second-order valence-corrected chi connectivity index (χ2v) is 8.32. The minimum absolute atomic E-state index is 0.0578. The average molecular weight is 381 g/mol. The van der Waals surface area contributed by atoms with Gasteiger partial charge in [0.05, 0.1) is 5.25 Å². The highest BCUT2D eigenvalue weighted by Gasteiger charge is 2.35. The number of hydrogen-bond acceptors (Lipinski definition) is 8. The zero-order chi connectivity index (χ0) is 18.0. The lowest BCUT2D eigenvalue weighted by atomic mass is 10.4. The lowest BCUT2D eigenvalue weighted by molar-refractivity contribution is -0.118. The van der Waals surface area contributed by atoms with Crippen molar-refractivity contribution in [1.29, 1.82) is 0 Å². The molecule has 25 heavy (non-hydrogen) atoms. The molecule has 134 valence electrons. The molecule has 1 atom stereocenters. The fourth-order valence-corrected chi connectivity index (χ4v) is 4.25. The highest BCUT2D eigenvalue weighted by molar-refractivity contribution is 8.02. The van der Waals surface area contributed by atoms with Crippen LogP contribution in [0.5, 0.6) is 0 Å². The first-order chi connectivity index (χ1) is 12.0. The number of amides is 2. The second-order valence-electron chi connectivity index (χ2n) is 5.77. The third-order valence-electron chi connectivity index (χ3n) is 3.61. The normalized spacial score (nSPS) is 15.0. The van der Waals surface area contributed by atoms with E-state index in [-0.39, 0.29) is 23.1 Å². The number of carbonyl (C=O) groups is 2. The first kappa shape index (κ1) is 17.9. The third-order valence-corrected chi connectivity index (χ3v) is 5.72. The minimum atomic E-state index is -0.381. The summed E-state index contributed by atoms with van der Waals surface area (Å²) >= 11 is 2.64. The monoisotopic (exact) mass is 381 g/mol. The molecule has 0 unspecified atom stereocenters. The largest absolute Gasteiger partial charge is 0.360 e. The number of hydrogen-bond donors (Lipinski definition) is 1. The molecule has 2 heterocycles. The van der Waals surface area contributed by atoms with Crippen LogP contribution in [0.1, 0.15) is 38.9 Å². The molecule has 0 bridgehead atoms. The number of carbonyl (C=O) groups excluding carboxylic acids is 2. The molecule has 1 fully saturated rings. The lowest BCUT2D eigenvalue weighted by Crippen LogP contribution is -2.32. The van der Waals surface area contributed by atoms with E-state index >= 15 is 0 Å². The van der Waals surface area contributed by atoms with Crippen molar-refractivity contribution in [2.45, 2.75) is 55.7 Å². The van der Waals surface area contributed by atoms with Crippen molar-refractivity contribution in [2.75, 3.05) is 10.2 Å². The quantitative estimate of drug-likeness (QED) is 0.581. The van der Waals surface area contributed by atoms with Crippen LogP contribution >= 0.6 is 23.1 Å². The molecule has 1 N–H and O–H groups in total. The van der Waals surface area contributed by atoms with E-state index in [1.54, 1.807) is 24.8 Å². The maximum Gasteiger partial charge on any atom is 0.238 e. The van der Waals surface area contributed by atoms with Gasteiger partial charge in [0, 0.05) is 18.5 Å². The highest BCUT2D eigenvalue weighted by atomic mass is 32.2. The smallest absolute Gasteiger partial charge is 0.238 e. The number of thioether (sulfide) groups is 1. The summed E-state index contributed by atoms with van der Waals surface area (Å²) in [5.74, 6) is 0.882. The van der Waals surface area contributed by atoms with Crippen LogP contribution in [0.25, 0.3) is 0 Å². The highest BCUT2D eigenvalue weighted by Crippen LogP contribution is 2.37. The molecule has 1 saturated carbocycles. The van der Waals surface area contributed by atoms with Gasteiger partial charge in [0.2, 0.25) is 16.9 Å². The minimum Gasteiger partial charge on any atom is -0.360 e. The molecule has 8 nitrogen and oxygen atoms in total. The number of rotatable bonds is 7. The molecule has 1 aliphatic carbocycles. The maximum absolute atomic E-state index is 12.2. The molecule has 1 aliphatic rings. The van der Waals surface area contributed by atoms with Crippen molar-refractivity contribution in [3.63, 3.8) is 0 Å². The molecule has 2 aromatic rings. The van der Waals surface area contributed by atoms with Gasteiger partial charge in [-0.05, 0) is 26.7 Å². The van der Waals surface area contributed by atoms with Crippen LogP contribution in [-0.4, -0.2) is 38.5 Å². The summed E-state index contributed by atoms with van der Waals surface area (Å²) in [5.41, 5.74) is 0. The fourth-order valence-electron chi connectivity index (χ4n) is 2.17. The Bertz CT molecular complexity index is 771. The van der Waals surface area contributed by atoms with Gasteiger partial charge in [0.1, 0.15) is 5.76 Å². The Balaban J connectivity index is 1.62. The van der Waals surface area contributed by atoms with Gasteiger partial charge in [-0.25, -0.2) is 0 Å². The van der Waals surface area contributed by atoms with Crippen LogP contribution in [0.2, 0.25) is 0 Å². The lowest BCUT2D eigenvalue weighted by Gasteiger charge is -2.17. The van der Waals surface area contributed by atoms with Crippen LogP contribution in [-0.2, 0) is 9.59 Å². The second kappa shape index (κ2) is 7.52. The summed E-state index contributed by atoms with van der Waals surface area (Å²) in [6, 6.07) is 1.90. The van der Waals surface area contributed by atoms with E-state index in [0.29, 0.717) is 27.5 Å². The van der Waals surface area contributed by atoms with E-state index in [4.69, 9.17) is 4.52 Å². The molecular weight excluding hydrogens is 362 g/mol. The van der Waals surface area contributed by atoms with Gasteiger partial charge < -0.3 is 9.84 Å². The molecule has 0 radical (unpaired) electrons. The van der Waals surface area contributed by atoms with Crippen LogP contribution in [0.4, 0.5) is 10.9 Å². The van der Waals surface area contributed by atoms with Crippen LogP contribution in [0.15, 0.2) is 14.9 Å². The molecular formula is C15H19N5O3S2. The standard InChI is InChI=1S/C15H19N5O3S2/c1-4-12(21)20(10-5-6-10)14-17-18-15(25-14)24-9(3)13(22)16-11-7-8(2)23-19-11/h7,9-10H,4-6H2,1-3H3,(H,16,19,22)/t9-/m0/s1. The summed E-state index contributed by atoms with van der Waals surface area (Å²) in [7, 11) is 0. The number of anilines is 2. The Hall–Kier alpha value is -1.94. The van der Waals surface area contributed by atoms with E-state index in [1.807, 2.05) is 6.92 Å². The number of nitrogens with zero attached hydrogens (tertiary/aromatic N) is 4. The van der Waals surface area contributed by atoms with Gasteiger partial charge in [-0.1, -0.05) is 35.2 Å². The molecule has 2 amide bonds. The van der Waals surface area contributed by atoms with Crippen LogP contribution < -0.4 is 10.2 Å². The van der Waals surface area contributed by atoms with Crippen molar-refractivity contribution < 1.29 is 14.1 Å². The first-order valence-electron chi connectivity index (χ1n) is 8.04. The molecule has 10 heteroatoms. The summed E-state index contributed by atoms with van der Waals surface area (Å²) in [6.45, 7) is 5.38. The van der Waals surface area contributed by atoms with Gasteiger partial charge >= 0.3 is 0 Å². The van der Waals surface area contributed by atoms with E-state index in [1.165, 1.54) is 23.1 Å². The maximum atomic E-state index is 12.2. The van der Waals surface area contributed by atoms with Gasteiger partial charge in [-0.3, -0.25) is 14.5 Å². The summed E-state index contributed by atoms with van der Waals surface area (Å²) in [5, 5.41) is 14.9. The summed E-state index contributed by atoms with van der Waals surface area (Å²) in [4.78, 5) is 26.1. The molecule has 0 aromatic carbocycles. The van der Waals surface area contributed by atoms with Gasteiger partial charge in [-0.2, -0.15) is 0 Å². The fraction of sp³-hybridized carbons (Fsp3) is 0.533. The number of aromatic nitrogens is 3. The van der Waals surface area contributed by atoms with Gasteiger partial charge in [0.25, 0.3) is 0 Å².